The maximum Gasteiger partial charge on any atom is 0.258 e. The van der Waals surface area contributed by atoms with Crippen LogP contribution in [-0.4, -0.2) is 61.6 Å². The number of ketones is 1. The Morgan fingerprint density at radius 3 is 2.56 bits per heavy atom. The fraction of sp³-hybridized carbons (Fsp3) is 0.429. The number of methoxy groups -OCH3 is 1. The fourth-order valence-electron chi connectivity index (χ4n) is 3.87. The van der Waals surface area contributed by atoms with E-state index in [-0.39, 0.29) is 23.8 Å². The van der Waals surface area contributed by atoms with Gasteiger partial charge in [-0.15, -0.1) is 13.2 Å². The number of anilines is 1. The first kappa shape index (κ1) is 19.3. The third-order valence-corrected chi connectivity index (χ3v) is 5.17. The SMILES string of the molecule is C=CCO[C@H]1C(=O)N(c2ccc(OC)cc2)[C@H]1[C@H]1CC(=O)CCN1CC=C. The number of rotatable bonds is 8. The quantitative estimate of drug-likeness (QED) is 0.519. The van der Waals surface area contributed by atoms with E-state index in [0.717, 1.165) is 11.4 Å². The lowest BCUT2D eigenvalue weighted by Gasteiger charge is -2.53. The van der Waals surface area contributed by atoms with Gasteiger partial charge < -0.3 is 14.4 Å². The Hall–Kier alpha value is -2.44. The average Bonchev–Trinajstić information content (AvgIpc) is 2.68. The molecule has 2 fully saturated rings. The second-order valence-corrected chi connectivity index (χ2v) is 6.78. The lowest BCUT2D eigenvalue weighted by Crippen LogP contribution is -2.73. The van der Waals surface area contributed by atoms with Crippen molar-refractivity contribution in [3.63, 3.8) is 0 Å². The largest absolute Gasteiger partial charge is 0.497 e. The van der Waals surface area contributed by atoms with E-state index in [4.69, 9.17) is 9.47 Å². The second-order valence-electron chi connectivity index (χ2n) is 6.78. The number of nitrogens with zero attached hydrogens (tertiary/aromatic N) is 2. The minimum absolute atomic E-state index is 0.0939. The number of piperidine rings is 1. The summed E-state index contributed by atoms with van der Waals surface area (Å²) < 4.78 is 11.0. The Morgan fingerprint density at radius 1 is 1.19 bits per heavy atom. The molecule has 3 atom stereocenters. The second kappa shape index (κ2) is 8.50. The molecule has 0 aromatic heterocycles. The molecule has 6 nitrogen and oxygen atoms in total. The third kappa shape index (κ3) is 3.82. The predicted octanol–water partition coefficient (Wildman–Crippen LogP) is 2.20. The van der Waals surface area contributed by atoms with Crippen LogP contribution in [0.15, 0.2) is 49.6 Å². The number of ether oxygens (including phenoxy) is 2. The van der Waals surface area contributed by atoms with Gasteiger partial charge in [-0.25, -0.2) is 0 Å². The third-order valence-electron chi connectivity index (χ3n) is 5.17. The molecule has 1 aromatic rings. The molecule has 0 spiro atoms. The van der Waals surface area contributed by atoms with Crippen LogP contribution in [0, 0.1) is 0 Å². The Balaban J connectivity index is 1.90. The Bertz CT molecular complexity index is 715. The number of carbonyl (C=O) groups is 2. The predicted molar refractivity (Wildman–Crippen MR) is 104 cm³/mol. The zero-order valence-electron chi connectivity index (χ0n) is 15.7. The molecule has 2 heterocycles. The van der Waals surface area contributed by atoms with Gasteiger partial charge in [-0.1, -0.05) is 12.2 Å². The van der Waals surface area contributed by atoms with Crippen LogP contribution in [0.25, 0.3) is 0 Å². The van der Waals surface area contributed by atoms with Crippen molar-refractivity contribution in [2.75, 3.05) is 31.7 Å². The van der Waals surface area contributed by atoms with Crippen molar-refractivity contribution >= 4 is 17.4 Å². The highest BCUT2D eigenvalue weighted by Gasteiger charge is 2.54. The van der Waals surface area contributed by atoms with Crippen LogP contribution >= 0.6 is 0 Å². The summed E-state index contributed by atoms with van der Waals surface area (Å²) in [5.41, 5.74) is 0.779. The van der Waals surface area contributed by atoms with Crippen LogP contribution in [-0.2, 0) is 14.3 Å². The van der Waals surface area contributed by atoms with E-state index in [9.17, 15) is 9.59 Å². The van der Waals surface area contributed by atoms with Gasteiger partial charge >= 0.3 is 0 Å². The average molecular weight is 370 g/mol. The monoisotopic (exact) mass is 370 g/mol. The van der Waals surface area contributed by atoms with Crippen LogP contribution in [0.2, 0.25) is 0 Å². The molecule has 0 radical (unpaired) electrons. The molecule has 0 bridgehead atoms. The van der Waals surface area contributed by atoms with Gasteiger partial charge in [0, 0.05) is 37.7 Å². The lowest BCUT2D eigenvalue weighted by molar-refractivity contribution is -0.146. The van der Waals surface area contributed by atoms with Crippen molar-refractivity contribution in [1.82, 2.24) is 4.90 Å². The molecule has 6 heteroatoms. The molecular weight excluding hydrogens is 344 g/mol. The summed E-state index contributed by atoms with van der Waals surface area (Å²) in [5.74, 6) is 0.851. The van der Waals surface area contributed by atoms with E-state index in [2.05, 4.69) is 18.1 Å². The topological polar surface area (TPSA) is 59.1 Å². The Labute approximate surface area is 160 Å². The highest BCUT2D eigenvalue weighted by molar-refractivity contribution is 6.05. The molecule has 3 rings (SSSR count). The summed E-state index contributed by atoms with van der Waals surface area (Å²) in [7, 11) is 1.60. The zero-order chi connectivity index (χ0) is 19.4. The molecule has 0 unspecified atom stereocenters. The number of hydrogen-bond donors (Lipinski definition) is 0. The van der Waals surface area contributed by atoms with E-state index < -0.39 is 6.10 Å². The van der Waals surface area contributed by atoms with Crippen molar-refractivity contribution in [1.29, 1.82) is 0 Å². The molecule has 2 aliphatic heterocycles. The van der Waals surface area contributed by atoms with Gasteiger partial charge in [-0.2, -0.15) is 0 Å². The van der Waals surface area contributed by atoms with Gasteiger partial charge in [0.2, 0.25) is 0 Å². The van der Waals surface area contributed by atoms with E-state index in [1.807, 2.05) is 30.3 Å². The van der Waals surface area contributed by atoms with E-state index in [1.165, 1.54) is 0 Å². The van der Waals surface area contributed by atoms with Crippen molar-refractivity contribution in [2.24, 2.45) is 0 Å². The Morgan fingerprint density at radius 2 is 1.93 bits per heavy atom. The molecule has 144 valence electrons. The number of amides is 1. The smallest absolute Gasteiger partial charge is 0.258 e. The van der Waals surface area contributed by atoms with Crippen LogP contribution in [0.1, 0.15) is 12.8 Å². The summed E-state index contributed by atoms with van der Waals surface area (Å²) in [5, 5.41) is 0. The van der Waals surface area contributed by atoms with E-state index in [1.54, 1.807) is 18.1 Å². The summed E-state index contributed by atoms with van der Waals surface area (Å²) in [6.45, 7) is 9.13. The van der Waals surface area contributed by atoms with Crippen molar-refractivity contribution in [3.8, 4) is 5.75 Å². The number of hydrogen-bond acceptors (Lipinski definition) is 5. The number of likely N-dealkylation sites (tertiary alicyclic amines) is 1. The Kier molecular flexibility index (Phi) is 6.08. The summed E-state index contributed by atoms with van der Waals surface area (Å²) in [4.78, 5) is 29.0. The van der Waals surface area contributed by atoms with Gasteiger partial charge in [-0.05, 0) is 24.3 Å². The summed E-state index contributed by atoms with van der Waals surface area (Å²) in [6, 6.07) is 7.04. The zero-order valence-corrected chi connectivity index (χ0v) is 15.7. The van der Waals surface area contributed by atoms with E-state index in [0.29, 0.717) is 32.5 Å². The highest BCUT2D eigenvalue weighted by atomic mass is 16.5. The molecular formula is C21H26N2O4. The molecule has 1 aromatic carbocycles. The first-order valence-corrected chi connectivity index (χ1v) is 9.17. The lowest BCUT2D eigenvalue weighted by atomic mass is 9.83. The van der Waals surface area contributed by atoms with Crippen molar-refractivity contribution in [3.05, 3.63) is 49.6 Å². The minimum Gasteiger partial charge on any atom is -0.497 e. The maximum absolute atomic E-state index is 12.8. The summed E-state index contributed by atoms with van der Waals surface area (Å²) in [6.07, 6.45) is 3.83. The molecule has 0 aliphatic carbocycles. The van der Waals surface area contributed by atoms with E-state index >= 15 is 0 Å². The molecule has 27 heavy (non-hydrogen) atoms. The van der Waals surface area contributed by atoms with Crippen molar-refractivity contribution < 1.29 is 19.1 Å². The van der Waals surface area contributed by atoms with Crippen LogP contribution in [0.4, 0.5) is 5.69 Å². The molecule has 1 amide bonds. The molecule has 0 saturated carbocycles. The summed E-state index contributed by atoms with van der Waals surface area (Å²) >= 11 is 0. The first-order chi connectivity index (χ1) is 13.1. The van der Waals surface area contributed by atoms with Crippen LogP contribution in [0.5, 0.6) is 5.75 Å². The first-order valence-electron chi connectivity index (χ1n) is 9.17. The van der Waals surface area contributed by atoms with Gasteiger partial charge in [-0.3, -0.25) is 14.5 Å². The number of β-lactam (4-membered cyclic amide) rings is 1. The minimum atomic E-state index is -0.576. The number of Topliss-reactive ketones (excluding diaryl/α,β-unsaturated/α-hetero) is 1. The van der Waals surface area contributed by atoms with Crippen molar-refractivity contribution in [2.45, 2.75) is 31.0 Å². The van der Waals surface area contributed by atoms with Gasteiger partial charge in [0.25, 0.3) is 5.91 Å². The molecule has 2 saturated heterocycles. The highest BCUT2D eigenvalue weighted by Crippen LogP contribution is 2.37. The molecule has 0 N–H and O–H groups in total. The molecule has 2 aliphatic rings. The fourth-order valence-corrected chi connectivity index (χ4v) is 3.87. The van der Waals surface area contributed by atoms with Crippen LogP contribution < -0.4 is 9.64 Å². The standard InChI is InChI=1S/C21H26N2O4/c1-4-11-22-12-10-16(24)14-18(22)19-20(27-13-5-2)21(25)23(19)15-6-8-17(26-3)9-7-15/h4-9,18-20H,1-2,10-14H2,3H3/t18-,19+,20-/m1/s1. The number of benzene rings is 1. The maximum atomic E-state index is 12.8. The van der Waals surface area contributed by atoms with Gasteiger partial charge in [0.15, 0.2) is 6.10 Å². The normalized spacial score (nSPS) is 25.8. The van der Waals surface area contributed by atoms with Crippen LogP contribution in [0.3, 0.4) is 0 Å². The van der Waals surface area contributed by atoms with Gasteiger partial charge in [0.05, 0.1) is 19.8 Å². The van der Waals surface area contributed by atoms with Gasteiger partial charge in [0.1, 0.15) is 11.5 Å². The number of carbonyl (C=O) groups excluding carboxylic acids is 2.